The van der Waals surface area contributed by atoms with E-state index in [1.165, 1.54) is 39.0 Å². The van der Waals surface area contributed by atoms with E-state index in [9.17, 15) is 4.79 Å². The molecule has 0 aromatic rings. The Morgan fingerprint density at radius 1 is 1.07 bits per heavy atom. The van der Waals surface area contributed by atoms with Crippen LogP contribution in [0.4, 0.5) is 0 Å². The van der Waals surface area contributed by atoms with Crippen LogP contribution in [0.2, 0.25) is 0 Å². The molecule has 0 aromatic carbocycles. The molecule has 0 radical (unpaired) electrons. The van der Waals surface area contributed by atoms with E-state index in [1.54, 1.807) is 0 Å². The first-order chi connectivity index (χ1) is 7.25. The van der Waals surface area contributed by atoms with Crippen molar-refractivity contribution < 1.29 is 14.6 Å². The molecular formula is C12H20O3. The summed E-state index contributed by atoms with van der Waals surface area (Å²) >= 11 is 0. The quantitative estimate of drug-likeness (QED) is 0.521. The van der Waals surface area contributed by atoms with Crippen molar-refractivity contribution in [2.45, 2.75) is 58.0 Å². The van der Waals surface area contributed by atoms with E-state index in [0.29, 0.717) is 0 Å². The van der Waals surface area contributed by atoms with Crippen LogP contribution in [0.3, 0.4) is 0 Å². The highest BCUT2D eigenvalue weighted by Crippen LogP contribution is 2.41. The Morgan fingerprint density at radius 2 is 1.80 bits per heavy atom. The second-order valence-electron chi connectivity index (χ2n) is 4.91. The summed E-state index contributed by atoms with van der Waals surface area (Å²) in [5, 5.41) is 0. The summed E-state index contributed by atoms with van der Waals surface area (Å²) in [6.45, 7) is 1.38. The molecule has 2 saturated carbocycles. The summed E-state index contributed by atoms with van der Waals surface area (Å²) in [6.07, 6.45) is 9.02. The third-order valence-corrected chi connectivity index (χ3v) is 3.79. The van der Waals surface area contributed by atoms with Gasteiger partial charge < -0.3 is 0 Å². The summed E-state index contributed by atoms with van der Waals surface area (Å²) in [7, 11) is 0. The lowest BCUT2D eigenvalue weighted by Crippen LogP contribution is -2.32. The van der Waals surface area contributed by atoms with Gasteiger partial charge in [0.25, 0.3) is 0 Å². The monoisotopic (exact) mass is 212 g/mol. The van der Waals surface area contributed by atoms with Crippen LogP contribution in [0.5, 0.6) is 0 Å². The highest BCUT2D eigenvalue weighted by Gasteiger charge is 2.33. The normalized spacial score (nSPS) is 35.7. The molecule has 0 bridgehead atoms. The lowest BCUT2D eigenvalue weighted by Gasteiger charge is -2.38. The maximum Gasteiger partial charge on any atom is 0.339 e. The SMILES string of the molecule is CC(=O)OOC1CCC2CCCCC2C1. The van der Waals surface area contributed by atoms with Gasteiger partial charge >= 0.3 is 5.97 Å². The van der Waals surface area contributed by atoms with Gasteiger partial charge in [0, 0.05) is 6.92 Å². The van der Waals surface area contributed by atoms with Gasteiger partial charge in [0.05, 0.1) is 0 Å². The molecule has 3 heteroatoms. The molecule has 3 unspecified atom stereocenters. The molecule has 0 saturated heterocycles. The van der Waals surface area contributed by atoms with E-state index >= 15 is 0 Å². The first kappa shape index (κ1) is 10.9. The van der Waals surface area contributed by atoms with E-state index in [4.69, 9.17) is 4.89 Å². The second kappa shape index (κ2) is 4.97. The van der Waals surface area contributed by atoms with Crippen molar-refractivity contribution >= 4 is 5.97 Å². The van der Waals surface area contributed by atoms with Crippen molar-refractivity contribution in [1.29, 1.82) is 0 Å². The van der Waals surface area contributed by atoms with Crippen LogP contribution >= 0.6 is 0 Å². The van der Waals surface area contributed by atoms with Crippen molar-refractivity contribution in [1.82, 2.24) is 0 Å². The Balaban J connectivity index is 1.78. The molecule has 0 N–H and O–H groups in total. The minimum Gasteiger partial charge on any atom is -0.298 e. The fourth-order valence-electron chi connectivity index (χ4n) is 3.05. The molecule has 2 aliphatic rings. The average Bonchev–Trinajstić information content (AvgIpc) is 2.26. The number of carbonyl (C=O) groups excluding carboxylic acids is 1. The molecule has 3 nitrogen and oxygen atoms in total. The van der Waals surface area contributed by atoms with Gasteiger partial charge in [-0.05, 0) is 31.1 Å². The van der Waals surface area contributed by atoms with Gasteiger partial charge in [0.15, 0.2) is 0 Å². The number of carbonyl (C=O) groups is 1. The van der Waals surface area contributed by atoms with Crippen molar-refractivity contribution in [3.8, 4) is 0 Å². The van der Waals surface area contributed by atoms with Gasteiger partial charge in [-0.1, -0.05) is 25.7 Å². The van der Waals surface area contributed by atoms with Crippen molar-refractivity contribution in [3.63, 3.8) is 0 Å². The van der Waals surface area contributed by atoms with Gasteiger partial charge in [-0.15, -0.1) is 0 Å². The molecule has 0 aliphatic heterocycles. The first-order valence-corrected chi connectivity index (χ1v) is 6.09. The highest BCUT2D eigenvalue weighted by molar-refractivity contribution is 5.65. The minimum absolute atomic E-state index is 0.147. The maximum absolute atomic E-state index is 10.6. The summed E-state index contributed by atoms with van der Waals surface area (Å²) in [5.41, 5.74) is 0. The number of hydrogen-bond acceptors (Lipinski definition) is 3. The molecule has 0 aromatic heterocycles. The van der Waals surface area contributed by atoms with Crippen molar-refractivity contribution in [3.05, 3.63) is 0 Å². The van der Waals surface area contributed by atoms with Gasteiger partial charge in [-0.3, -0.25) is 4.89 Å². The molecule has 3 atom stereocenters. The Kier molecular flexibility index (Phi) is 3.62. The van der Waals surface area contributed by atoms with Crippen LogP contribution in [0, 0.1) is 11.8 Å². The van der Waals surface area contributed by atoms with Gasteiger partial charge in [0.1, 0.15) is 6.10 Å². The van der Waals surface area contributed by atoms with Gasteiger partial charge in [-0.25, -0.2) is 4.79 Å². The van der Waals surface area contributed by atoms with E-state index in [1.807, 2.05) is 0 Å². The van der Waals surface area contributed by atoms with Crippen molar-refractivity contribution in [2.75, 3.05) is 0 Å². The van der Waals surface area contributed by atoms with E-state index in [2.05, 4.69) is 4.89 Å². The van der Waals surface area contributed by atoms with Crippen LogP contribution in [0.15, 0.2) is 0 Å². The predicted octanol–water partition coefficient (Wildman–Crippen LogP) is 2.84. The molecule has 86 valence electrons. The largest absolute Gasteiger partial charge is 0.339 e. The Labute approximate surface area is 91.1 Å². The lowest BCUT2D eigenvalue weighted by atomic mass is 9.70. The van der Waals surface area contributed by atoms with E-state index in [-0.39, 0.29) is 12.1 Å². The third kappa shape index (κ3) is 2.94. The first-order valence-electron chi connectivity index (χ1n) is 6.09. The van der Waals surface area contributed by atoms with Gasteiger partial charge in [-0.2, -0.15) is 4.89 Å². The van der Waals surface area contributed by atoms with E-state index < -0.39 is 0 Å². The fraction of sp³-hybridized carbons (Fsp3) is 0.917. The zero-order valence-electron chi connectivity index (χ0n) is 9.41. The number of hydrogen-bond donors (Lipinski definition) is 0. The maximum atomic E-state index is 10.6. The molecule has 0 amide bonds. The van der Waals surface area contributed by atoms with E-state index in [0.717, 1.165) is 24.7 Å². The lowest BCUT2D eigenvalue weighted by molar-refractivity contribution is -0.304. The Morgan fingerprint density at radius 3 is 2.53 bits per heavy atom. The highest BCUT2D eigenvalue weighted by atomic mass is 17.2. The van der Waals surface area contributed by atoms with Crippen LogP contribution < -0.4 is 0 Å². The zero-order chi connectivity index (χ0) is 10.7. The summed E-state index contributed by atoms with van der Waals surface area (Å²) in [5.74, 6) is 1.38. The summed E-state index contributed by atoms with van der Waals surface area (Å²) in [6, 6.07) is 0. The fourth-order valence-corrected chi connectivity index (χ4v) is 3.05. The second-order valence-corrected chi connectivity index (χ2v) is 4.91. The average molecular weight is 212 g/mol. The zero-order valence-corrected chi connectivity index (χ0v) is 9.41. The number of fused-ring (bicyclic) bond motifs is 1. The molecule has 0 spiro atoms. The van der Waals surface area contributed by atoms with Crippen LogP contribution in [-0.4, -0.2) is 12.1 Å². The molecule has 2 rings (SSSR count). The van der Waals surface area contributed by atoms with Crippen LogP contribution in [-0.2, 0) is 14.6 Å². The topological polar surface area (TPSA) is 35.5 Å². The molecule has 2 aliphatic carbocycles. The minimum atomic E-state index is -0.347. The molecule has 0 heterocycles. The Bertz CT molecular complexity index is 227. The molecule has 15 heavy (non-hydrogen) atoms. The Hall–Kier alpha value is -0.570. The standard InChI is InChI=1S/C12H20O3/c1-9(13)14-15-12-7-6-10-4-2-3-5-11(10)8-12/h10-12H,2-8H2,1H3. The molecular weight excluding hydrogens is 192 g/mol. The smallest absolute Gasteiger partial charge is 0.298 e. The summed E-state index contributed by atoms with van der Waals surface area (Å²) < 4.78 is 0. The number of rotatable bonds is 2. The van der Waals surface area contributed by atoms with Crippen molar-refractivity contribution in [2.24, 2.45) is 11.8 Å². The van der Waals surface area contributed by atoms with Crippen LogP contribution in [0.25, 0.3) is 0 Å². The van der Waals surface area contributed by atoms with Crippen LogP contribution in [0.1, 0.15) is 51.9 Å². The molecule has 2 fully saturated rings. The predicted molar refractivity (Wildman–Crippen MR) is 55.9 cm³/mol. The third-order valence-electron chi connectivity index (χ3n) is 3.79. The summed E-state index contributed by atoms with van der Waals surface area (Å²) in [4.78, 5) is 20.4. The van der Waals surface area contributed by atoms with Gasteiger partial charge in [0.2, 0.25) is 0 Å².